The summed E-state index contributed by atoms with van der Waals surface area (Å²) < 4.78 is 1.09. The van der Waals surface area contributed by atoms with E-state index in [4.69, 9.17) is 0 Å². The highest BCUT2D eigenvalue weighted by molar-refractivity contribution is 14.1. The highest BCUT2D eigenvalue weighted by Crippen LogP contribution is 2.03. The van der Waals surface area contributed by atoms with Gasteiger partial charge in [-0.3, -0.25) is 0 Å². The lowest BCUT2D eigenvalue weighted by atomic mass is 10.1. The Morgan fingerprint density at radius 3 is 2.27 bits per heavy atom. The Bertz CT molecular complexity index is 58.6. The molecular weight excluding hydrogens is 249 g/mol. The third-order valence-electron chi connectivity index (χ3n) is 1.80. The molecule has 0 atom stereocenters. The van der Waals surface area contributed by atoms with Crippen molar-refractivity contribution in [3.8, 4) is 0 Å². The van der Waals surface area contributed by atoms with Crippen molar-refractivity contribution in [2.45, 2.75) is 45.4 Å². The maximum atomic E-state index is 3.33. The molecule has 0 aliphatic carbocycles. The van der Waals surface area contributed by atoms with E-state index in [0.29, 0.717) is 0 Å². The van der Waals surface area contributed by atoms with Crippen molar-refractivity contribution in [1.82, 2.24) is 5.32 Å². The van der Waals surface area contributed by atoms with Crippen LogP contribution in [0.5, 0.6) is 0 Å². The quantitative estimate of drug-likeness (QED) is 0.308. The van der Waals surface area contributed by atoms with E-state index in [1.54, 1.807) is 0 Å². The van der Waals surface area contributed by atoms with Crippen molar-refractivity contribution in [3.05, 3.63) is 0 Å². The van der Waals surface area contributed by atoms with Gasteiger partial charge >= 0.3 is 0 Å². The molecule has 0 heterocycles. The van der Waals surface area contributed by atoms with Crippen molar-refractivity contribution < 1.29 is 0 Å². The molecule has 0 bridgehead atoms. The smallest absolute Gasteiger partial charge is 0.0479 e. The van der Waals surface area contributed by atoms with Crippen LogP contribution in [0, 0.1) is 0 Å². The van der Waals surface area contributed by atoms with Crippen molar-refractivity contribution in [1.29, 1.82) is 0 Å². The summed E-state index contributed by atoms with van der Waals surface area (Å²) in [5.41, 5.74) is 0. The summed E-state index contributed by atoms with van der Waals surface area (Å²) in [5.74, 6) is 0. The van der Waals surface area contributed by atoms with Crippen LogP contribution in [-0.4, -0.2) is 11.1 Å². The van der Waals surface area contributed by atoms with Crippen LogP contribution >= 0.6 is 22.6 Å². The number of halogens is 1. The molecule has 0 aromatic rings. The summed E-state index contributed by atoms with van der Waals surface area (Å²) in [4.78, 5) is 0. The Balaban J connectivity index is 2.69. The SMILES string of the molecule is CCCCCCCCNCI. The molecule has 11 heavy (non-hydrogen) atoms. The Labute approximate surface area is 84.5 Å². The zero-order valence-electron chi connectivity index (χ0n) is 7.53. The van der Waals surface area contributed by atoms with Crippen molar-refractivity contribution in [3.63, 3.8) is 0 Å². The Morgan fingerprint density at radius 1 is 1.00 bits per heavy atom. The molecule has 0 saturated carbocycles. The second-order valence-electron chi connectivity index (χ2n) is 2.90. The zero-order valence-corrected chi connectivity index (χ0v) is 9.69. The summed E-state index contributed by atoms with van der Waals surface area (Å²) in [6, 6.07) is 0. The molecule has 0 saturated heterocycles. The van der Waals surface area contributed by atoms with E-state index in [1.165, 1.54) is 45.1 Å². The normalized spacial score (nSPS) is 10.4. The average Bonchev–Trinajstić information content (AvgIpc) is 2.03. The fourth-order valence-electron chi connectivity index (χ4n) is 1.10. The van der Waals surface area contributed by atoms with Crippen LogP contribution in [0.15, 0.2) is 0 Å². The topological polar surface area (TPSA) is 12.0 Å². The first-order valence-corrected chi connectivity index (χ1v) is 6.21. The van der Waals surface area contributed by atoms with Crippen LogP contribution in [0.3, 0.4) is 0 Å². The van der Waals surface area contributed by atoms with Gasteiger partial charge in [0.25, 0.3) is 0 Å². The minimum Gasteiger partial charge on any atom is -0.308 e. The van der Waals surface area contributed by atoms with Gasteiger partial charge in [-0.1, -0.05) is 61.6 Å². The summed E-state index contributed by atoms with van der Waals surface area (Å²) in [6.07, 6.45) is 8.39. The van der Waals surface area contributed by atoms with Crippen LogP contribution in [0.2, 0.25) is 0 Å². The highest BCUT2D eigenvalue weighted by Gasteiger charge is 1.88. The summed E-state index contributed by atoms with van der Waals surface area (Å²) in [7, 11) is 0. The Kier molecular flexibility index (Phi) is 11.4. The van der Waals surface area contributed by atoms with Crippen LogP contribution in [0.4, 0.5) is 0 Å². The van der Waals surface area contributed by atoms with Gasteiger partial charge in [0.05, 0.1) is 0 Å². The summed E-state index contributed by atoms with van der Waals surface area (Å²) in [6.45, 7) is 3.46. The molecule has 0 spiro atoms. The highest BCUT2D eigenvalue weighted by atomic mass is 127. The van der Waals surface area contributed by atoms with Gasteiger partial charge in [-0.25, -0.2) is 0 Å². The third kappa shape index (κ3) is 10.7. The first-order chi connectivity index (χ1) is 5.41. The van der Waals surface area contributed by atoms with Crippen molar-refractivity contribution in [2.24, 2.45) is 0 Å². The number of nitrogens with one attached hydrogen (secondary N) is 1. The van der Waals surface area contributed by atoms with E-state index in [-0.39, 0.29) is 0 Å². The fraction of sp³-hybridized carbons (Fsp3) is 1.00. The van der Waals surface area contributed by atoms with Gasteiger partial charge in [-0.15, -0.1) is 0 Å². The second-order valence-corrected chi connectivity index (χ2v) is 3.66. The van der Waals surface area contributed by atoms with Gasteiger partial charge in [0.1, 0.15) is 0 Å². The van der Waals surface area contributed by atoms with Gasteiger partial charge in [0, 0.05) is 4.55 Å². The van der Waals surface area contributed by atoms with Gasteiger partial charge in [-0.2, -0.15) is 0 Å². The maximum Gasteiger partial charge on any atom is 0.0479 e. The number of hydrogen-bond donors (Lipinski definition) is 1. The lowest BCUT2D eigenvalue weighted by molar-refractivity contribution is 0.591. The molecule has 0 aromatic heterocycles. The summed E-state index contributed by atoms with van der Waals surface area (Å²) in [5, 5.41) is 3.33. The molecule has 1 N–H and O–H groups in total. The van der Waals surface area contributed by atoms with Gasteiger partial charge in [0.2, 0.25) is 0 Å². The van der Waals surface area contributed by atoms with Crippen molar-refractivity contribution >= 4 is 22.6 Å². The molecule has 0 aliphatic rings. The van der Waals surface area contributed by atoms with Crippen LogP contribution < -0.4 is 5.32 Å². The third-order valence-corrected chi connectivity index (χ3v) is 2.34. The molecule has 0 aromatic carbocycles. The maximum absolute atomic E-state index is 3.33. The molecule has 0 unspecified atom stereocenters. The van der Waals surface area contributed by atoms with Crippen LogP contribution in [-0.2, 0) is 0 Å². The van der Waals surface area contributed by atoms with Gasteiger partial charge in [0.15, 0.2) is 0 Å². The standard InChI is InChI=1S/C9H20IN/c1-2-3-4-5-6-7-8-11-9-10/h11H,2-9H2,1H3. The Hall–Kier alpha value is 0.690. The summed E-state index contributed by atoms with van der Waals surface area (Å²) >= 11 is 2.35. The molecule has 68 valence electrons. The molecule has 0 rings (SSSR count). The first kappa shape index (κ1) is 11.7. The van der Waals surface area contributed by atoms with Crippen LogP contribution in [0.1, 0.15) is 45.4 Å². The fourth-order valence-corrected chi connectivity index (χ4v) is 1.48. The van der Waals surface area contributed by atoms with E-state index in [0.717, 1.165) is 4.55 Å². The molecule has 0 amide bonds. The zero-order chi connectivity index (χ0) is 8.36. The number of alkyl halides is 1. The molecule has 1 nitrogen and oxygen atoms in total. The minimum atomic E-state index is 1.09. The van der Waals surface area contributed by atoms with E-state index in [9.17, 15) is 0 Å². The molecule has 0 radical (unpaired) electrons. The Morgan fingerprint density at radius 2 is 1.64 bits per heavy atom. The largest absolute Gasteiger partial charge is 0.308 e. The number of hydrogen-bond acceptors (Lipinski definition) is 1. The van der Waals surface area contributed by atoms with Crippen molar-refractivity contribution in [2.75, 3.05) is 11.1 Å². The van der Waals surface area contributed by atoms with E-state index < -0.39 is 0 Å². The minimum absolute atomic E-state index is 1.09. The first-order valence-electron chi connectivity index (χ1n) is 4.68. The monoisotopic (exact) mass is 269 g/mol. The van der Waals surface area contributed by atoms with Gasteiger partial charge in [-0.05, 0) is 13.0 Å². The molecular formula is C9H20IN. The predicted molar refractivity (Wildman–Crippen MR) is 60.3 cm³/mol. The van der Waals surface area contributed by atoms with Gasteiger partial charge < -0.3 is 5.32 Å². The van der Waals surface area contributed by atoms with E-state index in [2.05, 4.69) is 34.8 Å². The van der Waals surface area contributed by atoms with E-state index >= 15 is 0 Å². The van der Waals surface area contributed by atoms with E-state index in [1.807, 2.05) is 0 Å². The molecule has 2 heteroatoms. The molecule has 0 aliphatic heterocycles. The predicted octanol–water partition coefficient (Wildman–Crippen LogP) is 3.33. The average molecular weight is 269 g/mol. The second kappa shape index (κ2) is 10.7. The lowest BCUT2D eigenvalue weighted by Gasteiger charge is -2.00. The number of rotatable bonds is 8. The number of unbranched alkanes of at least 4 members (excludes halogenated alkanes) is 5. The lowest BCUT2D eigenvalue weighted by Crippen LogP contribution is -2.11. The van der Waals surface area contributed by atoms with Crippen LogP contribution in [0.25, 0.3) is 0 Å². The molecule has 0 fully saturated rings.